The molecule has 0 saturated heterocycles. The van der Waals surface area contributed by atoms with Gasteiger partial charge in [0.05, 0.1) is 0 Å². The van der Waals surface area contributed by atoms with Crippen molar-refractivity contribution in [3.05, 3.63) is 80.7 Å². The van der Waals surface area contributed by atoms with E-state index in [1.54, 1.807) is 0 Å². The van der Waals surface area contributed by atoms with Gasteiger partial charge in [-0.15, -0.1) is 0 Å². The molecule has 3 aromatic rings. The van der Waals surface area contributed by atoms with Crippen molar-refractivity contribution in [3.63, 3.8) is 0 Å². The first-order chi connectivity index (χ1) is 11.5. The zero-order chi connectivity index (χ0) is 17.1. The summed E-state index contributed by atoms with van der Waals surface area (Å²) in [4.78, 5) is 11.8. The van der Waals surface area contributed by atoms with Crippen LogP contribution in [0.2, 0.25) is 5.02 Å². The molecule has 0 bridgehead atoms. The fourth-order valence-corrected chi connectivity index (χ4v) is 2.98. The number of nitrogens with one attached hydrogen (secondary N) is 1. The van der Waals surface area contributed by atoms with Gasteiger partial charge in [0.1, 0.15) is 5.58 Å². The van der Waals surface area contributed by atoms with Gasteiger partial charge >= 0.3 is 5.63 Å². The Bertz CT molecular complexity index is 903. The quantitative estimate of drug-likeness (QED) is 0.687. The van der Waals surface area contributed by atoms with E-state index in [1.165, 1.54) is 11.6 Å². The van der Waals surface area contributed by atoms with Crippen LogP contribution in [0.25, 0.3) is 11.0 Å². The average Bonchev–Trinajstić information content (AvgIpc) is 2.57. The van der Waals surface area contributed by atoms with E-state index in [2.05, 4.69) is 24.4 Å². The summed E-state index contributed by atoms with van der Waals surface area (Å²) in [6.07, 6.45) is 0. The molecule has 0 spiro atoms. The van der Waals surface area contributed by atoms with Gasteiger partial charge in [-0.2, -0.15) is 0 Å². The van der Waals surface area contributed by atoms with Crippen LogP contribution < -0.4 is 10.9 Å². The highest BCUT2D eigenvalue weighted by molar-refractivity contribution is 6.32. The number of benzene rings is 2. The Morgan fingerprint density at radius 2 is 1.92 bits per heavy atom. The van der Waals surface area contributed by atoms with Gasteiger partial charge in [-0.1, -0.05) is 48.9 Å². The summed E-state index contributed by atoms with van der Waals surface area (Å²) in [5.41, 5.74) is 3.34. The fourth-order valence-electron chi connectivity index (χ4n) is 2.82. The highest BCUT2D eigenvalue weighted by Gasteiger charge is 2.09. The molecule has 3 nitrogen and oxygen atoms in total. The van der Waals surface area contributed by atoms with Crippen molar-refractivity contribution in [2.45, 2.75) is 26.3 Å². The second-order valence-electron chi connectivity index (χ2n) is 6.13. The molecule has 0 aliphatic carbocycles. The molecule has 124 valence electrons. The minimum Gasteiger partial charge on any atom is -0.423 e. The van der Waals surface area contributed by atoms with Gasteiger partial charge < -0.3 is 9.73 Å². The third-order valence-corrected chi connectivity index (χ3v) is 4.65. The lowest BCUT2D eigenvalue weighted by Gasteiger charge is -2.14. The van der Waals surface area contributed by atoms with E-state index in [0.29, 0.717) is 23.1 Å². The SMILES string of the molecule is Cc1cc2oc(=O)cc(CNC[C@@H](C)c3ccccc3)c2cc1Cl. The van der Waals surface area contributed by atoms with Crippen LogP contribution in [0.5, 0.6) is 0 Å². The van der Waals surface area contributed by atoms with E-state index in [4.69, 9.17) is 16.0 Å². The molecular formula is C20H20ClNO2. The summed E-state index contributed by atoms with van der Waals surface area (Å²) in [6, 6.07) is 15.6. The summed E-state index contributed by atoms with van der Waals surface area (Å²) in [5, 5.41) is 4.99. The lowest BCUT2D eigenvalue weighted by molar-refractivity contribution is 0.554. The standard InChI is InChI=1S/C20H20ClNO2/c1-13-8-19-17(10-18(13)21)16(9-20(23)24-19)12-22-11-14(2)15-6-4-3-5-7-15/h3-10,14,22H,11-12H2,1-2H3/t14-/m1/s1. The molecule has 0 fully saturated rings. The van der Waals surface area contributed by atoms with Crippen molar-refractivity contribution in [1.29, 1.82) is 0 Å². The van der Waals surface area contributed by atoms with E-state index >= 15 is 0 Å². The smallest absolute Gasteiger partial charge is 0.336 e. The van der Waals surface area contributed by atoms with Crippen molar-refractivity contribution in [2.75, 3.05) is 6.54 Å². The van der Waals surface area contributed by atoms with Crippen molar-refractivity contribution < 1.29 is 4.42 Å². The van der Waals surface area contributed by atoms with Crippen molar-refractivity contribution in [1.82, 2.24) is 5.32 Å². The summed E-state index contributed by atoms with van der Waals surface area (Å²) < 4.78 is 5.29. The maximum Gasteiger partial charge on any atom is 0.336 e. The molecule has 1 heterocycles. The van der Waals surface area contributed by atoms with Gasteiger partial charge in [0.2, 0.25) is 0 Å². The Balaban J connectivity index is 1.78. The number of fused-ring (bicyclic) bond motifs is 1. The van der Waals surface area contributed by atoms with E-state index < -0.39 is 0 Å². The molecule has 1 atom stereocenters. The molecule has 2 aromatic carbocycles. The minimum absolute atomic E-state index is 0.336. The van der Waals surface area contributed by atoms with E-state index in [0.717, 1.165) is 23.1 Å². The number of rotatable bonds is 5. The maximum absolute atomic E-state index is 11.8. The topological polar surface area (TPSA) is 42.2 Å². The van der Waals surface area contributed by atoms with E-state index in [9.17, 15) is 4.79 Å². The molecule has 3 rings (SSSR count). The van der Waals surface area contributed by atoms with Gasteiger partial charge in [0, 0.05) is 29.6 Å². The van der Waals surface area contributed by atoms with Crippen LogP contribution in [0.3, 0.4) is 0 Å². The van der Waals surface area contributed by atoms with Crippen LogP contribution in [0.1, 0.15) is 29.5 Å². The molecule has 0 radical (unpaired) electrons. The van der Waals surface area contributed by atoms with Gasteiger partial charge in [0.15, 0.2) is 0 Å². The van der Waals surface area contributed by atoms with Crippen LogP contribution in [0.15, 0.2) is 57.7 Å². The maximum atomic E-state index is 11.8. The van der Waals surface area contributed by atoms with Gasteiger partial charge in [-0.3, -0.25) is 0 Å². The zero-order valence-corrected chi connectivity index (χ0v) is 14.6. The molecular weight excluding hydrogens is 322 g/mol. The summed E-state index contributed by atoms with van der Waals surface area (Å²) in [7, 11) is 0. The Hall–Kier alpha value is -2.10. The summed E-state index contributed by atoms with van der Waals surface area (Å²) in [6.45, 7) is 5.50. The first kappa shape index (κ1) is 16.7. The monoisotopic (exact) mass is 341 g/mol. The number of aryl methyl sites for hydroxylation is 1. The predicted octanol–water partition coefficient (Wildman–Crippen LogP) is 4.65. The first-order valence-corrected chi connectivity index (χ1v) is 8.41. The Labute approximate surface area is 146 Å². The molecule has 0 aliphatic heterocycles. The predicted molar refractivity (Wildman–Crippen MR) is 98.8 cm³/mol. The molecule has 0 amide bonds. The molecule has 0 unspecified atom stereocenters. The van der Waals surface area contributed by atoms with Crippen molar-refractivity contribution >= 4 is 22.6 Å². The highest BCUT2D eigenvalue weighted by atomic mass is 35.5. The fraction of sp³-hybridized carbons (Fsp3) is 0.250. The Morgan fingerprint density at radius 1 is 1.17 bits per heavy atom. The second-order valence-corrected chi connectivity index (χ2v) is 6.54. The Kier molecular flexibility index (Phi) is 5.03. The zero-order valence-electron chi connectivity index (χ0n) is 13.8. The largest absolute Gasteiger partial charge is 0.423 e. The molecule has 1 aromatic heterocycles. The van der Waals surface area contributed by atoms with Gasteiger partial charge in [-0.05, 0) is 41.7 Å². The lowest BCUT2D eigenvalue weighted by Crippen LogP contribution is -2.20. The number of hydrogen-bond donors (Lipinski definition) is 1. The summed E-state index contributed by atoms with van der Waals surface area (Å²) >= 11 is 6.22. The molecule has 24 heavy (non-hydrogen) atoms. The molecule has 0 aliphatic rings. The van der Waals surface area contributed by atoms with Crippen LogP contribution in [0, 0.1) is 6.92 Å². The van der Waals surface area contributed by atoms with Crippen LogP contribution >= 0.6 is 11.6 Å². The Morgan fingerprint density at radius 3 is 2.67 bits per heavy atom. The average molecular weight is 342 g/mol. The number of hydrogen-bond acceptors (Lipinski definition) is 3. The first-order valence-electron chi connectivity index (χ1n) is 8.03. The normalized spacial score (nSPS) is 12.5. The highest BCUT2D eigenvalue weighted by Crippen LogP contribution is 2.25. The third-order valence-electron chi connectivity index (χ3n) is 4.24. The lowest BCUT2D eigenvalue weighted by atomic mass is 10.0. The van der Waals surface area contributed by atoms with Gasteiger partial charge in [0.25, 0.3) is 0 Å². The van der Waals surface area contributed by atoms with E-state index in [1.807, 2.05) is 37.3 Å². The van der Waals surface area contributed by atoms with Crippen LogP contribution in [0.4, 0.5) is 0 Å². The summed E-state index contributed by atoms with van der Waals surface area (Å²) in [5.74, 6) is 0.392. The van der Waals surface area contributed by atoms with Crippen molar-refractivity contribution in [2.24, 2.45) is 0 Å². The van der Waals surface area contributed by atoms with E-state index in [-0.39, 0.29) is 5.63 Å². The molecule has 4 heteroatoms. The number of halogens is 1. The molecule has 0 saturated carbocycles. The second kappa shape index (κ2) is 7.20. The van der Waals surface area contributed by atoms with Gasteiger partial charge in [-0.25, -0.2) is 4.79 Å². The third kappa shape index (κ3) is 3.69. The van der Waals surface area contributed by atoms with Crippen LogP contribution in [-0.2, 0) is 6.54 Å². The molecule has 1 N–H and O–H groups in total. The van der Waals surface area contributed by atoms with Crippen molar-refractivity contribution in [3.8, 4) is 0 Å². The minimum atomic E-state index is -0.336. The van der Waals surface area contributed by atoms with Crippen LogP contribution in [-0.4, -0.2) is 6.54 Å².